The van der Waals surface area contributed by atoms with E-state index in [1.54, 1.807) is 0 Å². The third-order valence-corrected chi connectivity index (χ3v) is 0.167. The molecule has 0 saturated heterocycles. The Bertz CT molecular complexity index is 201. The molecule has 0 atom stereocenters. The van der Waals surface area contributed by atoms with Crippen LogP contribution in [0.5, 0.6) is 0 Å². The van der Waals surface area contributed by atoms with Crippen molar-refractivity contribution in [2.24, 2.45) is 11.5 Å². The average molecular weight is 376 g/mol. The number of rotatable bonds is 1. The maximum absolute atomic E-state index is 9.00. The van der Waals surface area contributed by atoms with Gasteiger partial charge < -0.3 is 44.2 Å². The second kappa shape index (κ2) is 49.7. The van der Waals surface area contributed by atoms with Gasteiger partial charge in [0.2, 0.25) is 0 Å². The molecular formula is C10H32CaN4O8. The third-order valence-electron chi connectivity index (χ3n) is 0.167. The Balaban J connectivity index is -0.0000000197. The molecule has 0 spiro atoms. The number of hydrogen-bond acceptors (Lipinski definition) is 8. The molecule has 0 aliphatic heterocycles. The quantitative estimate of drug-likeness (QED) is 0.247. The van der Waals surface area contributed by atoms with Gasteiger partial charge in [-0.1, -0.05) is 0 Å². The van der Waals surface area contributed by atoms with Gasteiger partial charge in [-0.05, 0) is 0 Å². The molecule has 0 aromatic carbocycles. The first-order valence-corrected chi connectivity index (χ1v) is 5.03. The van der Waals surface area contributed by atoms with Gasteiger partial charge in [0.05, 0.1) is 0 Å². The van der Waals surface area contributed by atoms with Crippen molar-refractivity contribution in [1.29, 1.82) is 0 Å². The van der Waals surface area contributed by atoms with Crippen LogP contribution >= 0.6 is 0 Å². The van der Waals surface area contributed by atoms with E-state index in [0.717, 1.165) is 27.7 Å². The third kappa shape index (κ3) is 18400000. The molecule has 0 radical (unpaired) electrons. The van der Waals surface area contributed by atoms with Gasteiger partial charge in [0, 0.05) is 40.8 Å². The average Bonchev–Trinajstić information content (AvgIpc) is 2.13. The Morgan fingerprint density at radius 3 is 0.652 bits per heavy atom. The molecule has 13 heteroatoms. The van der Waals surface area contributed by atoms with Crippen molar-refractivity contribution in [3.8, 4) is 0 Å². The fraction of sp³-hybridized carbons (Fsp3) is 0.600. The molecule has 0 unspecified atom stereocenters. The van der Waals surface area contributed by atoms with Crippen LogP contribution in [0.3, 0.4) is 0 Å². The van der Waals surface area contributed by atoms with Crippen LogP contribution in [0.25, 0.3) is 0 Å². The van der Waals surface area contributed by atoms with Crippen LogP contribution in [0, 0.1) is 0 Å². The summed E-state index contributed by atoms with van der Waals surface area (Å²) >= 11 is 0. The number of aliphatic carboxylic acids is 4. The van der Waals surface area contributed by atoms with Gasteiger partial charge in [0.25, 0.3) is 23.9 Å². The van der Waals surface area contributed by atoms with Gasteiger partial charge in [-0.15, -0.1) is 0 Å². The van der Waals surface area contributed by atoms with Gasteiger partial charge in [-0.2, -0.15) is 0 Å². The summed E-state index contributed by atoms with van der Waals surface area (Å²) < 4.78 is 0. The van der Waals surface area contributed by atoms with Crippen LogP contribution in [0.4, 0.5) is 0 Å². The van der Waals surface area contributed by atoms with Crippen LogP contribution in [-0.4, -0.2) is 95.1 Å². The Hall–Kier alpha value is -1.02. The zero-order valence-corrected chi connectivity index (χ0v) is 13.4. The second-order valence-corrected chi connectivity index (χ2v) is 2.65. The number of carbonyl (C=O) groups is 4. The minimum atomic E-state index is -0.833. The summed E-state index contributed by atoms with van der Waals surface area (Å²) in [6, 6.07) is 0. The van der Waals surface area contributed by atoms with Gasteiger partial charge in [-0.3, -0.25) is 19.2 Å². The van der Waals surface area contributed by atoms with E-state index in [4.69, 9.17) is 51.1 Å². The molecule has 14 N–H and O–H groups in total. The summed E-state index contributed by atoms with van der Waals surface area (Å²) in [6.07, 6.45) is 0. The molecule has 0 aromatic heterocycles. The first kappa shape index (κ1) is 49.5. The van der Waals surface area contributed by atoms with Crippen molar-refractivity contribution in [3.63, 3.8) is 0 Å². The van der Waals surface area contributed by atoms with Gasteiger partial charge in [0.1, 0.15) is 0 Å². The fourth-order valence-electron chi connectivity index (χ4n) is 0. The second-order valence-electron chi connectivity index (χ2n) is 2.65. The Morgan fingerprint density at radius 2 is 0.652 bits per heavy atom. The zero-order chi connectivity index (χ0) is 17.7. The summed E-state index contributed by atoms with van der Waals surface area (Å²) in [5, 5.41) is 29.7. The van der Waals surface area contributed by atoms with E-state index in [1.165, 1.54) is 0 Å². The van der Waals surface area contributed by atoms with Gasteiger partial charge in [0.15, 0.2) is 0 Å². The molecule has 0 bridgehead atoms. The van der Waals surface area contributed by atoms with Crippen LogP contribution in [0.1, 0.15) is 27.7 Å². The topological polar surface area (TPSA) is 271 Å². The van der Waals surface area contributed by atoms with Gasteiger partial charge in [-0.25, -0.2) is 0 Å². The molecule has 0 saturated carbocycles. The number of nitrogens with two attached hydrogens (primary N) is 2. The molecule has 142 valence electrons. The van der Waals surface area contributed by atoms with Crippen molar-refractivity contribution in [2.75, 3.05) is 13.1 Å². The summed E-state index contributed by atoms with van der Waals surface area (Å²) in [5.41, 5.74) is 9.81. The van der Waals surface area contributed by atoms with Crippen molar-refractivity contribution in [3.05, 3.63) is 0 Å². The molecule has 12 nitrogen and oxygen atoms in total. The van der Waals surface area contributed by atoms with Gasteiger partial charge >= 0.3 is 37.7 Å². The van der Waals surface area contributed by atoms with Crippen molar-refractivity contribution in [1.82, 2.24) is 12.3 Å². The van der Waals surface area contributed by atoms with Crippen LogP contribution in [0.2, 0.25) is 0 Å². The first-order valence-electron chi connectivity index (χ1n) is 5.03. The molecule has 0 aliphatic carbocycles. The zero-order valence-electron chi connectivity index (χ0n) is 13.4. The molecule has 0 fully saturated rings. The predicted molar refractivity (Wildman–Crippen MR) is 89.9 cm³/mol. The number of carboxylic acid groups (broad SMARTS) is 4. The maximum atomic E-state index is 9.00. The summed E-state index contributed by atoms with van der Waals surface area (Å²) in [5.74, 6) is -3.33. The molecule has 23 heavy (non-hydrogen) atoms. The molecule has 0 amide bonds. The Kier molecular flexibility index (Phi) is 107. The SMILES string of the molecule is CC(=O)O.CC(=O)O.CC(=O)O.CC(=O)O.N.N.NCCN.[CaH2]. The first-order chi connectivity index (χ1) is 8.84. The summed E-state index contributed by atoms with van der Waals surface area (Å²) in [6.45, 7) is 5.53. The van der Waals surface area contributed by atoms with Crippen LogP contribution in [0.15, 0.2) is 0 Å². The van der Waals surface area contributed by atoms with Crippen molar-refractivity contribution >= 4 is 61.6 Å². The van der Waals surface area contributed by atoms with Crippen LogP contribution in [-0.2, 0) is 19.2 Å². The van der Waals surface area contributed by atoms with E-state index in [0.29, 0.717) is 13.1 Å². The minimum absolute atomic E-state index is 0. The molecule has 0 aromatic rings. The monoisotopic (exact) mass is 376 g/mol. The van der Waals surface area contributed by atoms with E-state index in [2.05, 4.69) is 0 Å². The summed E-state index contributed by atoms with van der Waals surface area (Å²) in [4.78, 5) is 36.0. The summed E-state index contributed by atoms with van der Waals surface area (Å²) in [7, 11) is 0. The van der Waals surface area contributed by atoms with Crippen LogP contribution < -0.4 is 23.8 Å². The normalized spacial score (nSPS) is 5.65. The Morgan fingerprint density at radius 1 is 0.609 bits per heavy atom. The van der Waals surface area contributed by atoms with E-state index in [-0.39, 0.29) is 50.0 Å². The molecule has 0 aliphatic rings. The molecule has 0 heterocycles. The van der Waals surface area contributed by atoms with E-state index < -0.39 is 23.9 Å². The fourth-order valence-corrected chi connectivity index (χ4v) is 0. The van der Waals surface area contributed by atoms with E-state index in [1.807, 2.05) is 0 Å². The number of carboxylic acids is 4. The standard InChI is InChI=1S/C2H8N2.4C2H4O2.Ca.2H3N.2H/c3-1-2-4;4*1-2(3)4;;;;;/h1-4H2;4*1H3,(H,3,4);;2*1H3;;. The van der Waals surface area contributed by atoms with Crippen molar-refractivity contribution in [2.45, 2.75) is 27.7 Å². The Labute approximate surface area is 165 Å². The molecular weight excluding hydrogens is 344 g/mol. The molecule has 0 rings (SSSR count). The number of hydrogen-bond donors (Lipinski definition) is 8. The predicted octanol–water partition coefficient (Wildman–Crippen LogP) is -1.32. The van der Waals surface area contributed by atoms with E-state index >= 15 is 0 Å². The van der Waals surface area contributed by atoms with E-state index in [9.17, 15) is 0 Å². The van der Waals surface area contributed by atoms with Crippen molar-refractivity contribution < 1.29 is 39.6 Å².